The highest BCUT2D eigenvalue weighted by Gasteiger charge is 2.27. The number of aryl methyl sites for hydroxylation is 2. The fourth-order valence-corrected chi connectivity index (χ4v) is 3.55. The van der Waals surface area contributed by atoms with Crippen molar-refractivity contribution in [1.29, 1.82) is 0 Å². The van der Waals surface area contributed by atoms with Gasteiger partial charge in [-0.25, -0.2) is 0 Å². The first-order chi connectivity index (χ1) is 11.1. The number of para-hydroxylation sites is 1. The predicted molar refractivity (Wildman–Crippen MR) is 93.7 cm³/mol. The van der Waals surface area contributed by atoms with Crippen LogP contribution in [0.5, 0.6) is 0 Å². The molecular formula is C20H25N2O+. The maximum absolute atomic E-state index is 12.4. The molecule has 23 heavy (non-hydrogen) atoms. The molecular weight excluding hydrogens is 284 g/mol. The van der Waals surface area contributed by atoms with Crippen molar-refractivity contribution < 1.29 is 9.69 Å². The standard InChI is InChI=1S/C20H24N2O/c1-15-8-3-6-12-18(15)21-20(23)14-22(2)19-13-7-10-16-9-4-5-11-17(16)19/h3-6,8-9,11-12,19H,7,10,13-14H2,1-2H3,(H,21,23)/p+1/t19-/m0/s1. The summed E-state index contributed by atoms with van der Waals surface area (Å²) in [6.07, 6.45) is 3.52. The van der Waals surface area contributed by atoms with E-state index >= 15 is 0 Å². The lowest BCUT2D eigenvalue weighted by Crippen LogP contribution is -3.10. The SMILES string of the molecule is Cc1ccccc1NC(=O)C[NH+](C)[C@H]1CCCc2ccccc21. The highest BCUT2D eigenvalue weighted by Crippen LogP contribution is 2.27. The number of rotatable bonds is 4. The van der Waals surface area contributed by atoms with Crippen molar-refractivity contribution in [2.45, 2.75) is 32.2 Å². The molecule has 1 aliphatic rings. The van der Waals surface area contributed by atoms with Crippen LogP contribution in [-0.2, 0) is 11.2 Å². The molecule has 0 bridgehead atoms. The van der Waals surface area contributed by atoms with Crippen molar-refractivity contribution in [3.63, 3.8) is 0 Å². The topological polar surface area (TPSA) is 33.5 Å². The fourth-order valence-electron chi connectivity index (χ4n) is 3.55. The maximum Gasteiger partial charge on any atom is 0.279 e. The second-order valence-corrected chi connectivity index (χ2v) is 6.53. The van der Waals surface area contributed by atoms with Gasteiger partial charge in [-0.1, -0.05) is 42.5 Å². The number of benzene rings is 2. The van der Waals surface area contributed by atoms with Crippen LogP contribution in [0, 0.1) is 6.92 Å². The lowest BCUT2D eigenvalue weighted by atomic mass is 9.87. The number of amides is 1. The van der Waals surface area contributed by atoms with E-state index in [2.05, 4.69) is 36.6 Å². The minimum absolute atomic E-state index is 0.0832. The molecule has 0 saturated carbocycles. The van der Waals surface area contributed by atoms with E-state index in [-0.39, 0.29) is 5.91 Å². The van der Waals surface area contributed by atoms with E-state index in [0.29, 0.717) is 12.6 Å². The van der Waals surface area contributed by atoms with Crippen LogP contribution in [0.4, 0.5) is 5.69 Å². The molecule has 0 aromatic heterocycles. The number of likely N-dealkylation sites (N-methyl/N-ethyl adjacent to an activating group) is 1. The van der Waals surface area contributed by atoms with Gasteiger partial charge in [0.2, 0.25) is 0 Å². The Morgan fingerprint density at radius 3 is 2.74 bits per heavy atom. The molecule has 0 saturated heterocycles. The van der Waals surface area contributed by atoms with Gasteiger partial charge < -0.3 is 10.2 Å². The Morgan fingerprint density at radius 1 is 1.17 bits per heavy atom. The summed E-state index contributed by atoms with van der Waals surface area (Å²) in [5.74, 6) is 0.0832. The van der Waals surface area contributed by atoms with Crippen molar-refractivity contribution in [3.8, 4) is 0 Å². The number of carbonyl (C=O) groups excluding carboxylic acids is 1. The smallest absolute Gasteiger partial charge is 0.279 e. The Labute approximate surface area is 138 Å². The summed E-state index contributed by atoms with van der Waals surface area (Å²) in [6.45, 7) is 2.51. The van der Waals surface area contributed by atoms with Gasteiger partial charge in [0.15, 0.2) is 6.54 Å². The van der Waals surface area contributed by atoms with Gasteiger partial charge in [0.1, 0.15) is 6.04 Å². The van der Waals surface area contributed by atoms with Crippen LogP contribution in [0.25, 0.3) is 0 Å². The number of hydrogen-bond acceptors (Lipinski definition) is 1. The molecule has 0 spiro atoms. The molecule has 1 amide bonds. The summed E-state index contributed by atoms with van der Waals surface area (Å²) < 4.78 is 0. The summed E-state index contributed by atoms with van der Waals surface area (Å²) in [7, 11) is 2.13. The predicted octanol–water partition coefficient (Wildman–Crippen LogP) is 2.53. The van der Waals surface area contributed by atoms with Crippen molar-refractivity contribution in [1.82, 2.24) is 0 Å². The quantitative estimate of drug-likeness (QED) is 0.894. The summed E-state index contributed by atoms with van der Waals surface area (Å²) in [4.78, 5) is 13.7. The second-order valence-electron chi connectivity index (χ2n) is 6.53. The molecule has 0 radical (unpaired) electrons. The molecule has 2 aromatic rings. The van der Waals surface area contributed by atoms with Crippen LogP contribution >= 0.6 is 0 Å². The summed E-state index contributed by atoms with van der Waals surface area (Å²) in [5.41, 5.74) is 4.87. The monoisotopic (exact) mass is 309 g/mol. The van der Waals surface area contributed by atoms with Crippen LogP contribution < -0.4 is 10.2 Å². The number of quaternary nitrogens is 1. The van der Waals surface area contributed by atoms with Crippen molar-refractivity contribution in [2.75, 3.05) is 18.9 Å². The van der Waals surface area contributed by atoms with E-state index in [1.54, 1.807) is 0 Å². The van der Waals surface area contributed by atoms with Crippen molar-refractivity contribution >= 4 is 11.6 Å². The van der Waals surface area contributed by atoms with Crippen LogP contribution in [0.1, 0.15) is 35.6 Å². The van der Waals surface area contributed by atoms with E-state index in [1.165, 1.54) is 22.4 Å². The van der Waals surface area contributed by atoms with Gasteiger partial charge in [0, 0.05) is 17.7 Å². The second kappa shape index (κ2) is 6.97. The average Bonchev–Trinajstić information content (AvgIpc) is 2.56. The van der Waals surface area contributed by atoms with Gasteiger partial charge in [0.25, 0.3) is 5.91 Å². The number of hydrogen-bond donors (Lipinski definition) is 2. The first-order valence-corrected chi connectivity index (χ1v) is 8.41. The first kappa shape index (κ1) is 15.8. The maximum atomic E-state index is 12.4. The normalized spacial score (nSPS) is 18.1. The molecule has 2 aromatic carbocycles. The molecule has 1 unspecified atom stereocenters. The van der Waals surface area contributed by atoms with Crippen LogP contribution in [0.15, 0.2) is 48.5 Å². The molecule has 0 heterocycles. The van der Waals surface area contributed by atoms with E-state index in [4.69, 9.17) is 0 Å². The minimum atomic E-state index is 0.0832. The zero-order valence-electron chi connectivity index (χ0n) is 13.9. The Balaban J connectivity index is 1.67. The molecule has 3 heteroatoms. The third-order valence-electron chi connectivity index (χ3n) is 4.82. The third-order valence-corrected chi connectivity index (χ3v) is 4.82. The molecule has 3 rings (SSSR count). The lowest BCUT2D eigenvalue weighted by Gasteiger charge is -2.30. The Morgan fingerprint density at radius 2 is 1.91 bits per heavy atom. The highest BCUT2D eigenvalue weighted by molar-refractivity contribution is 5.92. The van der Waals surface area contributed by atoms with Crippen molar-refractivity contribution in [3.05, 3.63) is 65.2 Å². The molecule has 3 nitrogen and oxygen atoms in total. The highest BCUT2D eigenvalue weighted by atomic mass is 16.2. The number of fused-ring (bicyclic) bond motifs is 1. The molecule has 2 atom stereocenters. The van der Waals surface area contributed by atoms with E-state index in [0.717, 1.165) is 24.1 Å². The van der Waals surface area contributed by atoms with Gasteiger partial charge >= 0.3 is 0 Å². The largest absolute Gasteiger partial charge is 0.323 e. The Bertz CT molecular complexity index is 696. The number of nitrogens with one attached hydrogen (secondary N) is 2. The van der Waals surface area contributed by atoms with Crippen LogP contribution in [-0.4, -0.2) is 19.5 Å². The fraction of sp³-hybridized carbons (Fsp3) is 0.350. The minimum Gasteiger partial charge on any atom is -0.323 e. The van der Waals surface area contributed by atoms with Crippen LogP contribution in [0.2, 0.25) is 0 Å². The van der Waals surface area contributed by atoms with Crippen molar-refractivity contribution in [2.24, 2.45) is 0 Å². The zero-order valence-corrected chi connectivity index (χ0v) is 13.9. The van der Waals surface area contributed by atoms with E-state index < -0.39 is 0 Å². The Kier molecular flexibility index (Phi) is 4.77. The summed E-state index contributed by atoms with van der Waals surface area (Å²) in [6, 6.07) is 17.0. The first-order valence-electron chi connectivity index (χ1n) is 8.41. The zero-order chi connectivity index (χ0) is 16.2. The molecule has 120 valence electrons. The third kappa shape index (κ3) is 3.62. The van der Waals surface area contributed by atoms with Crippen LogP contribution in [0.3, 0.4) is 0 Å². The number of anilines is 1. The summed E-state index contributed by atoms with van der Waals surface area (Å²) in [5, 5.41) is 3.04. The van der Waals surface area contributed by atoms with Gasteiger partial charge in [-0.2, -0.15) is 0 Å². The van der Waals surface area contributed by atoms with Gasteiger partial charge in [-0.3, -0.25) is 4.79 Å². The molecule has 0 aliphatic heterocycles. The van der Waals surface area contributed by atoms with Gasteiger partial charge in [-0.05, 0) is 37.0 Å². The molecule has 0 fully saturated rings. The van der Waals surface area contributed by atoms with E-state index in [1.807, 2.05) is 31.2 Å². The Hall–Kier alpha value is -2.13. The van der Waals surface area contributed by atoms with Gasteiger partial charge in [0.05, 0.1) is 7.05 Å². The number of carbonyl (C=O) groups is 1. The van der Waals surface area contributed by atoms with E-state index in [9.17, 15) is 4.79 Å². The summed E-state index contributed by atoms with van der Waals surface area (Å²) >= 11 is 0. The molecule has 1 aliphatic carbocycles. The average molecular weight is 309 g/mol. The molecule has 2 N–H and O–H groups in total. The van der Waals surface area contributed by atoms with Gasteiger partial charge in [-0.15, -0.1) is 0 Å². The lowest BCUT2D eigenvalue weighted by molar-refractivity contribution is -0.905.